The summed E-state index contributed by atoms with van der Waals surface area (Å²) in [7, 11) is 2.03. The van der Waals surface area contributed by atoms with Crippen LogP contribution in [-0.4, -0.2) is 7.05 Å². The molecule has 1 N–H and O–H groups in total. The SMILES string of the molecule is CNC1=CC(C)c2cc(-c3ccc4ccccc4c3)cc(C(C)C)c2C1. The van der Waals surface area contributed by atoms with Gasteiger partial charge in [-0.25, -0.2) is 0 Å². The predicted molar refractivity (Wildman–Crippen MR) is 113 cm³/mol. The van der Waals surface area contributed by atoms with Crippen LogP contribution in [0, 0.1) is 0 Å². The topological polar surface area (TPSA) is 12.0 Å². The average molecular weight is 341 g/mol. The van der Waals surface area contributed by atoms with Gasteiger partial charge in [0.25, 0.3) is 0 Å². The number of allylic oxidation sites excluding steroid dienone is 2. The van der Waals surface area contributed by atoms with Crippen molar-refractivity contribution in [2.75, 3.05) is 7.05 Å². The molecule has 4 rings (SSSR count). The van der Waals surface area contributed by atoms with Crippen molar-refractivity contribution in [3.63, 3.8) is 0 Å². The van der Waals surface area contributed by atoms with Crippen molar-refractivity contribution < 1.29 is 0 Å². The molecule has 0 spiro atoms. The van der Waals surface area contributed by atoms with Crippen LogP contribution in [-0.2, 0) is 6.42 Å². The van der Waals surface area contributed by atoms with Crippen LogP contribution in [0.25, 0.3) is 21.9 Å². The summed E-state index contributed by atoms with van der Waals surface area (Å²) in [6.45, 7) is 6.92. The molecule has 0 aromatic heterocycles. The van der Waals surface area contributed by atoms with E-state index in [-0.39, 0.29) is 0 Å². The molecule has 0 aliphatic heterocycles. The lowest BCUT2D eigenvalue weighted by Gasteiger charge is -2.27. The third kappa shape index (κ3) is 2.92. The van der Waals surface area contributed by atoms with Crippen molar-refractivity contribution in [1.82, 2.24) is 5.32 Å². The van der Waals surface area contributed by atoms with E-state index >= 15 is 0 Å². The average Bonchev–Trinajstić information content (AvgIpc) is 2.66. The second kappa shape index (κ2) is 6.64. The molecule has 26 heavy (non-hydrogen) atoms. The van der Waals surface area contributed by atoms with Gasteiger partial charge in [0.15, 0.2) is 0 Å². The second-order valence-electron chi connectivity index (χ2n) is 7.76. The van der Waals surface area contributed by atoms with Gasteiger partial charge in [-0.1, -0.05) is 75.4 Å². The maximum absolute atomic E-state index is 3.37. The molecular weight excluding hydrogens is 314 g/mol. The molecule has 0 saturated heterocycles. The minimum atomic E-state index is 0.444. The predicted octanol–water partition coefficient (Wildman–Crippen LogP) is 6.39. The number of fused-ring (bicyclic) bond motifs is 2. The van der Waals surface area contributed by atoms with E-state index in [4.69, 9.17) is 0 Å². The number of rotatable bonds is 3. The Balaban J connectivity index is 1.88. The third-order valence-electron chi connectivity index (χ3n) is 5.65. The number of likely N-dealkylation sites (N-methyl/N-ethyl adjacent to an activating group) is 1. The van der Waals surface area contributed by atoms with Crippen LogP contribution < -0.4 is 5.32 Å². The molecule has 0 radical (unpaired) electrons. The lowest BCUT2D eigenvalue weighted by Crippen LogP contribution is -2.18. The standard InChI is InChI=1S/C25H27N/c1-16(2)23-13-21(14-24-17(3)11-22(26-4)15-25(23)24)20-10-9-18-7-5-6-8-19(18)12-20/h5-14,16-17,26H,15H2,1-4H3. The van der Waals surface area contributed by atoms with Crippen molar-refractivity contribution in [3.05, 3.63) is 83.1 Å². The smallest absolute Gasteiger partial charge is 0.0125 e. The molecule has 132 valence electrons. The molecular formula is C25H27N. The molecule has 0 heterocycles. The van der Waals surface area contributed by atoms with E-state index in [2.05, 4.69) is 86.8 Å². The summed E-state index contributed by atoms with van der Waals surface area (Å²) < 4.78 is 0. The molecule has 1 aliphatic carbocycles. The Labute approximate surface area is 156 Å². The lowest BCUT2D eigenvalue weighted by molar-refractivity contribution is 0.776. The molecule has 0 fully saturated rings. The Morgan fingerprint density at radius 3 is 2.42 bits per heavy atom. The zero-order valence-electron chi connectivity index (χ0n) is 16.1. The summed E-state index contributed by atoms with van der Waals surface area (Å²) in [5.74, 6) is 0.965. The maximum atomic E-state index is 3.37. The Kier molecular flexibility index (Phi) is 4.32. The van der Waals surface area contributed by atoms with Crippen molar-refractivity contribution in [3.8, 4) is 11.1 Å². The summed E-state index contributed by atoms with van der Waals surface area (Å²) >= 11 is 0. The number of hydrogen-bond donors (Lipinski definition) is 1. The van der Waals surface area contributed by atoms with Gasteiger partial charge in [0, 0.05) is 25.1 Å². The van der Waals surface area contributed by atoms with Crippen molar-refractivity contribution in [2.24, 2.45) is 0 Å². The monoisotopic (exact) mass is 341 g/mol. The zero-order chi connectivity index (χ0) is 18.3. The van der Waals surface area contributed by atoms with Gasteiger partial charge in [-0.2, -0.15) is 0 Å². The summed E-state index contributed by atoms with van der Waals surface area (Å²) in [4.78, 5) is 0. The second-order valence-corrected chi connectivity index (χ2v) is 7.76. The molecule has 0 bridgehead atoms. The van der Waals surface area contributed by atoms with Gasteiger partial charge < -0.3 is 5.32 Å². The van der Waals surface area contributed by atoms with Crippen LogP contribution in [0.3, 0.4) is 0 Å². The Hall–Kier alpha value is -2.54. The van der Waals surface area contributed by atoms with Gasteiger partial charge in [0.05, 0.1) is 0 Å². The van der Waals surface area contributed by atoms with Gasteiger partial charge in [0.2, 0.25) is 0 Å². The van der Waals surface area contributed by atoms with Crippen molar-refractivity contribution >= 4 is 10.8 Å². The highest BCUT2D eigenvalue weighted by Gasteiger charge is 2.22. The number of nitrogens with one attached hydrogen (secondary N) is 1. The van der Waals surface area contributed by atoms with Gasteiger partial charge in [-0.05, 0) is 50.6 Å². The Bertz CT molecular complexity index is 994. The first kappa shape index (κ1) is 16.9. The van der Waals surface area contributed by atoms with E-state index in [0.717, 1.165) is 6.42 Å². The fourth-order valence-electron chi connectivity index (χ4n) is 4.19. The van der Waals surface area contributed by atoms with E-state index in [0.29, 0.717) is 11.8 Å². The molecule has 0 saturated carbocycles. The minimum Gasteiger partial charge on any atom is -0.391 e. The van der Waals surface area contributed by atoms with Crippen LogP contribution in [0.5, 0.6) is 0 Å². The van der Waals surface area contributed by atoms with E-state index in [1.165, 1.54) is 44.3 Å². The first-order chi connectivity index (χ1) is 12.6. The third-order valence-corrected chi connectivity index (χ3v) is 5.65. The maximum Gasteiger partial charge on any atom is 0.0125 e. The van der Waals surface area contributed by atoms with Crippen LogP contribution in [0.2, 0.25) is 0 Å². The molecule has 3 aromatic rings. The van der Waals surface area contributed by atoms with Crippen molar-refractivity contribution in [2.45, 2.75) is 39.0 Å². The number of hydrogen-bond acceptors (Lipinski definition) is 1. The Morgan fingerprint density at radius 1 is 0.923 bits per heavy atom. The largest absolute Gasteiger partial charge is 0.391 e. The van der Waals surface area contributed by atoms with E-state index < -0.39 is 0 Å². The zero-order valence-corrected chi connectivity index (χ0v) is 16.1. The first-order valence-electron chi connectivity index (χ1n) is 9.61. The Morgan fingerprint density at radius 2 is 1.69 bits per heavy atom. The molecule has 1 heteroatoms. The van der Waals surface area contributed by atoms with Crippen LogP contribution in [0.1, 0.15) is 49.3 Å². The summed E-state index contributed by atoms with van der Waals surface area (Å²) in [5, 5.41) is 5.97. The minimum absolute atomic E-state index is 0.444. The highest BCUT2D eigenvalue weighted by atomic mass is 14.8. The molecule has 1 aliphatic rings. The molecule has 0 amide bonds. The van der Waals surface area contributed by atoms with Crippen LogP contribution >= 0.6 is 0 Å². The van der Waals surface area contributed by atoms with Gasteiger partial charge >= 0.3 is 0 Å². The quantitative estimate of drug-likeness (QED) is 0.582. The van der Waals surface area contributed by atoms with Crippen molar-refractivity contribution in [1.29, 1.82) is 0 Å². The first-order valence-corrected chi connectivity index (χ1v) is 9.61. The van der Waals surface area contributed by atoms with E-state index in [1.54, 1.807) is 0 Å². The normalized spacial score (nSPS) is 16.5. The lowest BCUT2D eigenvalue weighted by atomic mass is 9.79. The van der Waals surface area contributed by atoms with Crippen LogP contribution in [0.15, 0.2) is 66.4 Å². The van der Waals surface area contributed by atoms with Gasteiger partial charge in [0.1, 0.15) is 0 Å². The molecule has 1 atom stereocenters. The summed E-state index contributed by atoms with van der Waals surface area (Å²) in [6, 6.07) is 20.2. The number of benzene rings is 3. The van der Waals surface area contributed by atoms with E-state index in [9.17, 15) is 0 Å². The van der Waals surface area contributed by atoms with Gasteiger partial charge in [-0.15, -0.1) is 0 Å². The van der Waals surface area contributed by atoms with Crippen LogP contribution in [0.4, 0.5) is 0 Å². The highest BCUT2D eigenvalue weighted by molar-refractivity contribution is 5.87. The fraction of sp³-hybridized carbons (Fsp3) is 0.280. The fourth-order valence-corrected chi connectivity index (χ4v) is 4.19. The van der Waals surface area contributed by atoms with Gasteiger partial charge in [-0.3, -0.25) is 0 Å². The molecule has 3 aromatic carbocycles. The molecule has 1 nitrogen and oxygen atoms in total. The summed E-state index contributed by atoms with van der Waals surface area (Å²) in [6.07, 6.45) is 3.39. The highest BCUT2D eigenvalue weighted by Crippen LogP contribution is 2.38. The summed E-state index contributed by atoms with van der Waals surface area (Å²) in [5.41, 5.74) is 8.47. The van der Waals surface area contributed by atoms with E-state index in [1.807, 2.05) is 7.05 Å². The molecule has 1 unspecified atom stereocenters.